The van der Waals surface area contributed by atoms with Crippen molar-refractivity contribution in [2.75, 3.05) is 0 Å². The molecule has 5 nitrogen and oxygen atoms in total. The van der Waals surface area contributed by atoms with Crippen molar-refractivity contribution >= 4 is 38.2 Å². The maximum absolute atomic E-state index is 6.66. The van der Waals surface area contributed by atoms with E-state index in [1.54, 1.807) is 0 Å². The van der Waals surface area contributed by atoms with Gasteiger partial charge in [0.15, 0.2) is 11.6 Å². The first-order chi connectivity index (χ1) is 27.7. The first-order valence-corrected chi connectivity index (χ1v) is 18.9. The second-order valence-electron chi connectivity index (χ2n) is 14.3. The topological polar surface area (TPSA) is 52.8 Å². The lowest BCUT2D eigenvalue weighted by Gasteiger charge is -2.39. The SMILES string of the molecule is C=CC=C1/C(=C\C)c2cc3c4c5ccccc5ccc4n(-c4nc(-c5ccccc5)nc(-c5ccccc5)n4)c3cc2C12c1ccccc1Oc1ccccc12. The van der Waals surface area contributed by atoms with Crippen molar-refractivity contribution in [3.8, 4) is 40.2 Å². The third-order valence-electron chi connectivity index (χ3n) is 11.4. The molecule has 0 radical (unpaired) electrons. The van der Waals surface area contributed by atoms with Gasteiger partial charge in [-0.05, 0) is 70.3 Å². The van der Waals surface area contributed by atoms with Crippen molar-refractivity contribution in [2.24, 2.45) is 0 Å². The quantitative estimate of drug-likeness (QED) is 0.182. The fourth-order valence-electron chi connectivity index (χ4n) is 9.19. The molecule has 11 rings (SSSR count). The zero-order chi connectivity index (χ0) is 37.4. The molecule has 56 heavy (non-hydrogen) atoms. The molecule has 2 aliphatic rings. The first-order valence-electron chi connectivity index (χ1n) is 18.9. The fourth-order valence-corrected chi connectivity index (χ4v) is 9.19. The highest BCUT2D eigenvalue weighted by molar-refractivity contribution is 6.22. The summed E-state index contributed by atoms with van der Waals surface area (Å²) in [5, 5.41) is 4.63. The molecule has 9 aromatic rings. The van der Waals surface area contributed by atoms with Gasteiger partial charge in [-0.1, -0.05) is 152 Å². The van der Waals surface area contributed by atoms with Crippen LogP contribution in [0.15, 0.2) is 188 Å². The van der Waals surface area contributed by atoms with E-state index in [2.05, 4.69) is 139 Å². The molecule has 264 valence electrons. The number of fused-ring (bicyclic) bond motifs is 11. The van der Waals surface area contributed by atoms with E-state index in [9.17, 15) is 0 Å². The largest absolute Gasteiger partial charge is 0.457 e. The molecule has 1 spiro atoms. The number of benzene rings is 7. The van der Waals surface area contributed by atoms with Crippen LogP contribution in [0, 0.1) is 0 Å². The van der Waals surface area contributed by atoms with E-state index in [-0.39, 0.29) is 0 Å². The Kier molecular flexibility index (Phi) is 7.07. The van der Waals surface area contributed by atoms with Crippen molar-refractivity contribution in [1.82, 2.24) is 19.5 Å². The zero-order valence-electron chi connectivity index (χ0n) is 30.6. The summed E-state index contributed by atoms with van der Waals surface area (Å²) in [6.07, 6.45) is 6.35. The lowest BCUT2D eigenvalue weighted by molar-refractivity contribution is 0.436. The Morgan fingerprint density at radius 1 is 0.589 bits per heavy atom. The van der Waals surface area contributed by atoms with Crippen LogP contribution in [0.1, 0.15) is 29.2 Å². The van der Waals surface area contributed by atoms with E-state index in [1.165, 1.54) is 33.0 Å². The standard InChI is InChI=1S/C51H34N4O/c1-3-17-39-35(4-2)37-30-38-44(31-42(37)51(39)40-24-13-15-26-45(40)56-46-27-16-14-25-41(46)51)55(43-29-28-32-18-11-12-23-36(32)47(38)43)50-53-48(33-19-7-5-8-20-33)52-49(54-50)34-21-9-6-10-22-34/h3-31H,1H2,2H3/b35-4-,39-17?. The highest BCUT2D eigenvalue weighted by Crippen LogP contribution is 2.63. The Balaban J connectivity index is 1.32. The number of hydrogen-bond acceptors (Lipinski definition) is 4. The molecule has 5 heteroatoms. The Bertz CT molecular complexity index is 3030. The van der Waals surface area contributed by atoms with Gasteiger partial charge in [-0.15, -0.1) is 0 Å². The van der Waals surface area contributed by atoms with Crippen LogP contribution in [-0.2, 0) is 5.41 Å². The van der Waals surface area contributed by atoms with Gasteiger partial charge in [-0.2, -0.15) is 9.97 Å². The Hall–Kier alpha value is -7.37. The molecule has 0 saturated heterocycles. The average Bonchev–Trinajstić information content (AvgIpc) is 3.73. The summed E-state index contributed by atoms with van der Waals surface area (Å²) in [5.74, 6) is 3.47. The lowest BCUT2D eigenvalue weighted by Crippen LogP contribution is -2.32. The van der Waals surface area contributed by atoms with Gasteiger partial charge in [0.05, 0.1) is 16.4 Å². The monoisotopic (exact) mass is 718 g/mol. The summed E-state index contributed by atoms with van der Waals surface area (Å²) in [4.78, 5) is 15.6. The van der Waals surface area contributed by atoms with E-state index in [0.717, 1.165) is 55.6 Å². The van der Waals surface area contributed by atoms with Gasteiger partial charge in [0.25, 0.3) is 0 Å². The normalized spacial score (nSPS) is 15.3. The Labute approximate surface area is 324 Å². The minimum absolute atomic E-state index is 0.556. The summed E-state index contributed by atoms with van der Waals surface area (Å²) >= 11 is 0. The van der Waals surface area contributed by atoms with Crippen LogP contribution in [0.4, 0.5) is 0 Å². The van der Waals surface area contributed by atoms with Gasteiger partial charge in [0.2, 0.25) is 5.95 Å². The molecule has 3 heterocycles. The Morgan fingerprint density at radius 2 is 1.20 bits per heavy atom. The molecule has 1 aliphatic carbocycles. The smallest absolute Gasteiger partial charge is 0.238 e. The van der Waals surface area contributed by atoms with Gasteiger partial charge < -0.3 is 4.74 Å². The second kappa shape index (κ2) is 12.3. The number of para-hydroxylation sites is 2. The van der Waals surface area contributed by atoms with E-state index >= 15 is 0 Å². The van der Waals surface area contributed by atoms with Gasteiger partial charge in [-0.3, -0.25) is 4.57 Å². The van der Waals surface area contributed by atoms with Crippen LogP contribution < -0.4 is 4.74 Å². The third kappa shape index (κ3) is 4.45. The summed E-state index contributed by atoms with van der Waals surface area (Å²) in [7, 11) is 0. The van der Waals surface area contributed by atoms with Crippen molar-refractivity contribution in [3.63, 3.8) is 0 Å². The van der Waals surface area contributed by atoms with E-state index in [1.807, 2.05) is 54.6 Å². The summed E-state index contributed by atoms with van der Waals surface area (Å²) in [6, 6.07) is 55.0. The molecule has 0 bridgehead atoms. The van der Waals surface area contributed by atoms with Crippen molar-refractivity contribution < 1.29 is 4.74 Å². The van der Waals surface area contributed by atoms with Crippen molar-refractivity contribution in [3.05, 3.63) is 210 Å². The van der Waals surface area contributed by atoms with Gasteiger partial charge in [0.1, 0.15) is 11.5 Å². The van der Waals surface area contributed by atoms with Crippen LogP contribution in [0.2, 0.25) is 0 Å². The molecule has 0 atom stereocenters. The van der Waals surface area contributed by atoms with Gasteiger partial charge in [-0.25, -0.2) is 4.98 Å². The average molecular weight is 719 g/mol. The molecule has 1 aliphatic heterocycles. The lowest BCUT2D eigenvalue weighted by atomic mass is 9.65. The summed E-state index contributed by atoms with van der Waals surface area (Å²) in [6.45, 7) is 6.36. The van der Waals surface area contributed by atoms with Gasteiger partial charge in [0, 0.05) is 33.0 Å². The zero-order valence-corrected chi connectivity index (χ0v) is 30.6. The first kappa shape index (κ1) is 32.1. The predicted octanol–water partition coefficient (Wildman–Crippen LogP) is 12.4. The fraction of sp³-hybridized carbons (Fsp3) is 0.0392. The minimum Gasteiger partial charge on any atom is -0.457 e. The molecular formula is C51H34N4O. The van der Waals surface area contributed by atoms with E-state index in [4.69, 9.17) is 19.7 Å². The molecule has 0 amide bonds. The molecule has 0 unspecified atom stereocenters. The molecule has 7 aromatic carbocycles. The molecule has 0 saturated carbocycles. The predicted molar refractivity (Wildman–Crippen MR) is 227 cm³/mol. The number of ether oxygens (including phenoxy) is 1. The second-order valence-corrected chi connectivity index (χ2v) is 14.3. The molecule has 2 aromatic heterocycles. The molecule has 0 fully saturated rings. The van der Waals surface area contributed by atoms with Crippen molar-refractivity contribution in [2.45, 2.75) is 12.3 Å². The number of aromatic nitrogens is 4. The van der Waals surface area contributed by atoms with E-state index in [0.29, 0.717) is 17.6 Å². The Morgan fingerprint density at radius 3 is 1.84 bits per heavy atom. The number of hydrogen-bond donors (Lipinski definition) is 0. The van der Waals surface area contributed by atoms with Gasteiger partial charge >= 0.3 is 0 Å². The highest BCUT2D eigenvalue weighted by atomic mass is 16.5. The number of rotatable bonds is 4. The molecular weight excluding hydrogens is 685 g/mol. The molecule has 0 N–H and O–H groups in total. The van der Waals surface area contributed by atoms with Crippen LogP contribution in [0.25, 0.3) is 66.9 Å². The maximum atomic E-state index is 6.66. The van der Waals surface area contributed by atoms with E-state index < -0.39 is 5.41 Å². The van der Waals surface area contributed by atoms with Crippen LogP contribution in [0.3, 0.4) is 0 Å². The van der Waals surface area contributed by atoms with Crippen LogP contribution in [-0.4, -0.2) is 19.5 Å². The summed E-state index contributed by atoms with van der Waals surface area (Å²) < 4.78 is 8.90. The highest BCUT2D eigenvalue weighted by Gasteiger charge is 2.53. The van der Waals surface area contributed by atoms with Crippen molar-refractivity contribution in [1.29, 1.82) is 0 Å². The third-order valence-corrected chi connectivity index (χ3v) is 11.4. The summed E-state index contributed by atoms with van der Waals surface area (Å²) in [5.41, 5.74) is 10.1. The minimum atomic E-state index is -0.683. The number of nitrogens with zero attached hydrogens (tertiary/aromatic N) is 4. The van der Waals surface area contributed by atoms with Crippen LogP contribution >= 0.6 is 0 Å². The number of allylic oxidation sites excluding steroid dienone is 5. The van der Waals surface area contributed by atoms with Crippen LogP contribution in [0.5, 0.6) is 11.5 Å². The maximum Gasteiger partial charge on any atom is 0.238 e.